The summed E-state index contributed by atoms with van der Waals surface area (Å²) in [5, 5.41) is 0. The summed E-state index contributed by atoms with van der Waals surface area (Å²) in [6.07, 6.45) is 2.10. The Kier molecular flexibility index (Phi) is 4.20. The summed E-state index contributed by atoms with van der Waals surface area (Å²) in [5.41, 5.74) is 0. The number of hydrogen-bond acceptors (Lipinski definition) is 2. The van der Waals surface area contributed by atoms with Gasteiger partial charge in [0.1, 0.15) is 10.7 Å². The van der Waals surface area contributed by atoms with E-state index in [2.05, 4.69) is 11.3 Å². The molecule has 1 aromatic rings. The molecule has 0 saturated heterocycles. The minimum atomic E-state index is -3.79. The molecule has 0 radical (unpaired) electrons. The lowest BCUT2D eigenvalue weighted by Crippen LogP contribution is -2.32. The molecule has 1 N–H and O–H groups in total. The van der Waals surface area contributed by atoms with Crippen LogP contribution in [0.25, 0.3) is 0 Å². The number of sulfonamides is 1. The van der Waals surface area contributed by atoms with Crippen LogP contribution >= 0.6 is 0 Å². The highest BCUT2D eigenvalue weighted by molar-refractivity contribution is 7.89. The van der Waals surface area contributed by atoms with Gasteiger partial charge in [-0.2, -0.15) is 0 Å². The Morgan fingerprint density at radius 3 is 2.69 bits per heavy atom. The fourth-order valence-electron chi connectivity index (χ4n) is 1.29. The molecular formula is C11H14FNO2S. The monoisotopic (exact) mass is 243 g/mol. The smallest absolute Gasteiger partial charge is 0.208 e. The first-order chi connectivity index (χ1) is 7.47. The van der Waals surface area contributed by atoms with Crippen LogP contribution in [0.15, 0.2) is 41.8 Å². The highest BCUT2D eigenvalue weighted by Gasteiger charge is 2.19. The summed E-state index contributed by atoms with van der Waals surface area (Å²) in [4.78, 5) is -0.328. The van der Waals surface area contributed by atoms with Gasteiger partial charge in [0.25, 0.3) is 0 Å². The number of nitrogens with one attached hydrogen (secondary N) is 1. The molecule has 0 fully saturated rings. The van der Waals surface area contributed by atoms with Gasteiger partial charge in [0.15, 0.2) is 0 Å². The first-order valence-corrected chi connectivity index (χ1v) is 6.33. The van der Waals surface area contributed by atoms with E-state index in [-0.39, 0.29) is 10.9 Å². The van der Waals surface area contributed by atoms with E-state index in [1.165, 1.54) is 18.2 Å². The van der Waals surface area contributed by atoms with E-state index in [4.69, 9.17) is 0 Å². The van der Waals surface area contributed by atoms with Crippen LogP contribution < -0.4 is 4.72 Å². The minimum absolute atomic E-state index is 0.304. The molecule has 0 aromatic heterocycles. The molecule has 0 amide bonds. The molecule has 1 aromatic carbocycles. The fraction of sp³-hybridized carbons (Fsp3) is 0.273. The second-order valence-electron chi connectivity index (χ2n) is 3.48. The zero-order valence-corrected chi connectivity index (χ0v) is 9.80. The van der Waals surface area contributed by atoms with Crippen LogP contribution in [0.2, 0.25) is 0 Å². The van der Waals surface area contributed by atoms with Gasteiger partial charge in [-0.1, -0.05) is 18.2 Å². The molecule has 0 aliphatic rings. The average Bonchev–Trinajstić information content (AvgIpc) is 2.17. The van der Waals surface area contributed by atoms with Crippen molar-refractivity contribution in [2.24, 2.45) is 0 Å². The molecule has 1 unspecified atom stereocenters. The van der Waals surface area contributed by atoms with Gasteiger partial charge >= 0.3 is 0 Å². The second-order valence-corrected chi connectivity index (χ2v) is 5.16. The maximum Gasteiger partial charge on any atom is 0.243 e. The summed E-state index contributed by atoms with van der Waals surface area (Å²) >= 11 is 0. The molecule has 0 bridgehead atoms. The van der Waals surface area contributed by atoms with Gasteiger partial charge < -0.3 is 0 Å². The predicted molar refractivity (Wildman–Crippen MR) is 61.0 cm³/mol. The van der Waals surface area contributed by atoms with Crippen LogP contribution in [0.5, 0.6) is 0 Å². The van der Waals surface area contributed by atoms with Crippen molar-refractivity contribution >= 4 is 10.0 Å². The molecule has 0 saturated carbocycles. The van der Waals surface area contributed by atoms with E-state index < -0.39 is 15.8 Å². The van der Waals surface area contributed by atoms with E-state index in [9.17, 15) is 12.8 Å². The van der Waals surface area contributed by atoms with Crippen molar-refractivity contribution in [2.75, 3.05) is 0 Å². The van der Waals surface area contributed by atoms with Crippen molar-refractivity contribution in [3.8, 4) is 0 Å². The van der Waals surface area contributed by atoms with Gasteiger partial charge in [0.2, 0.25) is 10.0 Å². The van der Waals surface area contributed by atoms with Crippen LogP contribution in [0.3, 0.4) is 0 Å². The third-order valence-electron chi connectivity index (χ3n) is 2.00. The standard InChI is InChI=1S/C11H14FNO2S/c1-3-6-9(2)13-16(14,15)11-8-5-4-7-10(11)12/h3-5,7-9,13H,1,6H2,2H3. The summed E-state index contributed by atoms with van der Waals surface area (Å²) in [6.45, 7) is 5.21. The molecule has 1 atom stereocenters. The molecule has 0 heterocycles. The van der Waals surface area contributed by atoms with Crippen LogP contribution in [-0.2, 0) is 10.0 Å². The first-order valence-electron chi connectivity index (χ1n) is 4.85. The van der Waals surface area contributed by atoms with E-state index >= 15 is 0 Å². The van der Waals surface area contributed by atoms with Crippen molar-refractivity contribution in [1.82, 2.24) is 4.72 Å². The summed E-state index contributed by atoms with van der Waals surface area (Å²) in [5.74, 6) is -0.749. The maximum atomic E-state index is 13.3. The lowest BCUT2D eigenvalue weighted by atomic mass is 10.3. The van der Waals surface area contributed by atoms with Crippen molar-refractivity contribution < 1.29 is 12.8 Å². The quantitative estimate of drug-likeness (QED) is 0.805. The number of benzene rings is 1. The molecular weight excluding hydrogens is 229 g/mol. The van der Waals surface area contributed by atoms with Gasteiger partial charge in [-0.05, 0) is 25.5 Å². The Morgan fingerprint density at radius 1 is 1.50 bits per heavy atom. The van der Waals surface area contributed by atoms with Gasteiger partial charge in [0.05, 0.1) is 0 Å². The van der Waals surface area contributed by atoms with Crippen molar-refractivity contribution in [3.05, 3.63) is 42.7 Å². The van der Waals surface area contributed by atoms with Crippen molar-refractivity contribution in [2.45, 2.75) is 24.3 Å². The molecule has 16 heavy (non-hydrogen) atoms. The lowest BCUT2D eigenvalue weighted by Gasteiger charge is -2.12. The van der Waals surface area contributed by atoms with Crippen molar-refractivity contribution in [1.29, 1.82) is 0 Å². The van der Waals surface area contributed by atoms with Gasteiger partial charge in [-0.25, -0.2) is 17.5 Å². The maximum absolute atomic E-state index is 13.3. The fourth-order valence-corrected chi connectivity index (χ4v) is 2.62. The van der Waals surface area contributed by atoms with E-state index in [1.807, 2.05) is 0 Å². The van der Waals surface area contributed by atoms with Crippen LogP contribution in [0.4, 0.5) is 4.39 Å². The third-order valence-corrected chi connectivity index (χ3v) is 3.63. The van der Waals surface area contributed by atoms with E-state index in [0.29, 0.717) is 6.42 Å². The summed E-state index contributed by atoms with van der Waals surface area (Å²) in [7, 11) is -3.79. The first kappa shape index (κ1) is 12.9. The molecule has 88 valence electrons. The predicted octanol–water partition coefficient (Wildman–Crippen LogP) is 2.07. The molecule has 3 nitrogen and oxygen atoms in total. The highest BCUT2D eigenvalue weighted by Crippen LogP contribution is 2.13. The summed E-state index contributed by atoms with van der Waals surface area (Å²) in [6, 6.07) is 4.98. The Hall–Kier alpha value is -1.20. The second kappa shape index (κ2) is 5.23. The van der Waals surface area contributed by atoms with Gasteiger partial charge in [-0.3, -0.25) is 0 Å². The Labute approximate surface area is 95.0 Å². The van der Waals surface area contributed by atoms with E-state index in [0.717, 1.165) is 6.07 Å². The number of rotatable bonds is 5. The Bertz CT molecular complexity index is 471. The average molecular weight is 243 g/mol. The largest absolute Gasteiger partial charge is 0.243 e. The zero-order chi connectivity index (χ0) is 12.2. The van der Waals surface area contributed by atoms with Crippen LogP contribution in [0, 0.1) is 5.82 Å². The van der Waals surface area contributed by atoms with Crippen LogP contribution in [0.1, 0.15) is 13.3 Å². The zero-order valence-electron chi connectivity index (χ0n) is 8.98. The van der Waals surface area contributed by atoms with Gasteiger partial charge in [0, 0.05) is 6.04 Å². The topological polar surface area (TPSA) is 46.2 Å². The summed E-state index contributed by atoms with van der Waals surface area (Å²) < 4.78 is 39.2. The number of halogens is 1. The molecule has 0 aliphatic heterocycles. The lowest BCUT2D eigenvalue weighted by molar-refractivity contribution is 0.544. The molecule has 0 aliphatic carbocycles. The molecule has 0 spiro atoms. The van der Waals surface area contributed by atoms with Crippen LogP contribution in [-0.4, -0.2) is 14.5 Å². The Morgan fingerprint density at radius 2 is 2.12 bits per heavy atom. The Balaban J connectivity index is 2.95. The van der Waals surface area contributed by atoms with E-state index in [1.54, 1.807) is 13.0 Å². The SMILES string of the molecule is C=CCC(C)NS(=O)(=O)c1ccccc1F. The van der Waals surface area contributed by atoms with Crippen molar-refractivity contribution in [3.63, 3.8) is 0 Å². The molecule has 5 heteroatoms. The normalized spacial score (nSPS) is 13.4. The van der Waals surface area contributed by atoms with Gasteiger partial charge in [-0.15, -0.1) is 6.58 Å². The highest BCUT2D eigenvalue weighted by atomic mass is 32.2. The molecule has 1 rings (SSSR count). The number of hydrogen-bond donors (Lipinski definition) is 1. The minimum Gasteiger partial charge on any atom is -0.208 e. The third kappa shape index (κ3) is 3.15.